The normalized spacial score (nSPS) is 12.5. The summed E-state index contributed by atoms with van der Waals surface area (Å²) in [6, 6.07) is 11.3. The van der Waals surface area contributed by atoms with E-state index in [4.69, 9.17) is 11.6 Å². The summed E-state index contributed by atoms with van der Waals surface area (Å²) in [5, 5.41) is 5.83. The van der Waals surface area contributed by atoms with Gasteiger partial charge in [0, 0.05) is 22.7 Å². The summed E-state index contributed by atoms with van der Waals surface area (Å²) in [7, 11) is -5.77. The first kappa shape index (κ1) is 21.7. The Labute approximate surface area is 164 Å². The lowest BCUT2D eigenvalue weighted by Crippen LogP contribution is -2.28. The van der Waals surface area contributed by atoms with Crippen molar-refractivity contribution in [2.24, 2.45) is 5.10 Å². The standard InChI is InChI=1S/C17H14ClF3N2O4S/c1-2-23(11-24)22-16(12-3-7-14(18)8-4-12)13-5-9-15(10-6-13)27-28(25,26)17(19,20)21/h3-11H,2H2,1H3/b22-16-. The van der Waals surface area contributed by atoms with Gasteiger partial charge in [0.1, 0.15) is 5.75 Å². The van der Waals surface area contributed by atoms with Crippen molar-refractivity contribution < 1.29 is 30.6 Å². The lowest BCUT2D eigenvalue weighted by molar-refractivity contribution is -0.117. The predicted octanol–water partition coefficient (Wildman–Crippen LogP) is 3.80. The van der Waals surface area contributed by atoms with Gasteiger partial charge in [0.2, 0.25) is 6.41 Å². The summed E-state index contributed by atoms with van der Waals surface area (Å²) in [5.41, 5.74) is -4.20. The summed E-state index contributed by atoms with van der Waals surface area (Å²) in [6.45, 7) is 1.99. The first-order chi connectivity index (χ1) is 13.1. The average Bonchev–Trinajstić information content (AvgIpc) is 2.63. The van der Waals surface area contributed by atoms with E-state index in [1.165, 1.54) is 12.1 Å². The van der Waals surface area contributed by atoms with Gasteiger partial charge in [-0.3, -0.25) is 4.79 Å². The molecule has 28 heavy (non-hydrogen) atoms. The van der Waals surface area contributed by atoms with Gasteiger partial charge in [0.25, 0.3) is 0 Å². The van der Waals surface area contributed by atoms with E-state index in [2.05, 4.69) is 9.28 Å². The Morgan fingerprint density at radius 3 is 2.04 bits per heavy atom. The smallest absolute Gasteiger partial charge is 0.376 e. The Morgan fingerprint density at radius 1 is 1.11 bits per heavy atom. The first-order valence-corrected chi connectivity index (χ1v) is 9.53. The van der Waals surface area contributed by atoms with Crippen LogP contribution in [0.5, 0.6) is 5.75 Å². The van der Waals surface area contributed by atoms with Crippen molar-refractivity contribution in [2.45, 2.75) is 12.4 Å². The van der Waals surface area contributed by atoms with E-state index in [1.807, 2.05) is 0 Å². The average molecular weight is 435 g/mol. The van der Waals surface area contributed by atoms with Crippen LogP contribution in [0.1, 0.15) is 18.1 Å². The van der Waals surface area contributed by atoms with Crippen molar-refractivity contribution in [1.82, 2.24) is 5.01 Å². The largest absolute Gasteiger partial charge is 0.534 e. The van der Waals surface area contributed by atoms with Gasteiger partial charge >= 0.3 is 15.6 Å². The van der Waals surface area contributed by atoms with E-state index in [0.29, 0.717) is 28.3 Å². The highest BCUT2D eigenvalue weighted by Crippen LogP contribution is 2.27. The molecule has 0 N–H and O–H groups in total. The maximum atomic E-state index is 12.4. The summed E-state index contributed by atoms with van der Waals surface area (Å²) >= 11 is 5.87. The molecule has 0 atom stereocenters. The lowest BCUT2D eigenvalue weighted by atomic mass is 10.0. The topological polar surface area (TPSA) is 76.0 Å². The van der Waals surface area contributed by atoms with Crippen molar-refractivity contribution in [2.75, 3.05) is 6.54 Å². The summed E-state index contributed by atoms with van der Waals surface area (Å²) < 4.78 is 63.5. The van der Waals surface area contributed by atoms with Crippen LogP contribution < -0.4 is 4.18 Å². The van der Waals surface area contributed by atoms with Crippen molar-refractivity contribution >= 4 is 33.8 Å². The van der Waals surface area contributed by atoms with Gasteiger partial charge in [-0.15, -0.1) is 0 Å². The first-order valence-electron chi connectivity index (χ1n) is 7.75. The van der Waals surface area contributed by atoms with E-state index in [0.717, 1.165) is 17.1 Å². The van der Waals surface area contributed by atoms with Gasteiger partial charge < -0.3 is 4.18 Å². The fraction of sp³-hybridized carbons (Fsp3) is 0.176. The molecule has 0 saturated carbocycles. The maximum absolute atomic E-state index is 12.4. The lowest BCUT2D eigenvalue weighted by Gasteiger charge is -2.14. The zero-order valence-corrected chi connectivity index (χ0v) is 15.9. The van der Waals surface area contributed by atoms with Crippen molar-refractivity contribution in [3.8, 4) is 5.75 Å². The number of carbonyl (C=O) groups is 1. The molecule has 0 aromatic heterocycles. The number of halogens is 4. The highest BCUT2D eigenvalue weighted by atomic mass is 35.5. The Balaban J connectivity index is 2.42. The molecule has 0 aliphatic heterocycles. The van der Waals surface area contributed by atoms with Crippen LogP contribution in [0.2, 0.25) is 5.02 Å². The van der Waals surface area contributed by atoms with E-state index in [-0.39, 0.29) is 6.54 Å². The van der Waals surface area contributed by atoms with Gasteiger partial charge in [-0.1, -0.05) is 23.7 Å². The number of nitrogens with zero attached hydrogens (tertiary/aromatic N) is 2. The fourth-order valence-electron chi connectivity index (χ4n) is 2.03. The van der Waals surface area contributed by atoms with Crippen LogP contribution >= 0.6 is 11.6 Å². The second-order valence-electron chi connectivity index (χ2n) is 5.32. The highest BCUT2D eigenvalue weighted by Gasteiger charge is 2.48. The molecular weight excluding hydrogens is 421 g/mol. The maximum Gasteiger partial charge on any atom is 0.534 e. The summed E-state index contributed by atoms with van der Waals surface area (Å²) in [5.74, 6) is -0.515. The molecule has 150 valence electrons. The van der Waals surface area contributed by atoms with E-state index in [1.54, 1.807) is 31.2 Å². The molecule has 0 aliphatic rings. The van der Waals surface area contributed by atoms with E-state index >= 15 is 0 Å². The molecule has 2 rings (SSSR count). The van der Waals surface area contributed by atoms with Crippen LogP contribution in [0.3, 0.4) is 0 Å². The minimum absolute atomic E-state index is 0.283. The quantitative estimate of drug-likeness (QED) is 0.218. The highest BCUT2D eigenvalue weighted by molar-refractivity contribution is 7.88. The number of hydrazone groups is 1. The van der Waals surface area contributed by atoms with Crippen LogP contribution in [0, 0.1) is 0 Å². The summed E-state index contributed by atoms with van der Waals surface area (Å²) in [4.78, 5) is 11.1. The van der Waals surface area contributed by atoms with Crippen molar-refractivity contribution in [1.29, 1.82) is 0 Å². The monoisotopic (exact) mass is 434 g/mol. The summed E-state index contributed by atoms with van der Waals surface area (Å²) in [6.07, 6.45) is 0.517. The van der Waals surface area contributed by atoms with Gasteiger partial charge in [0.15, 0.2) is 0 Å². The number of hydrogen-bond donors (Lipinski definition) is 0. The van der Waals surface area contributed by atoms with Gasteiger partial charge in [-0.05, 0) is 43.3 Å². The zero-order chi connectivity index (χ0) is 20.9. The molecule has 0 bridgehead atoms. The number of amides is 1. The molecule has 0 radical (unpaired) electrons. The zero-order valence-electron chi connectivity index (χ0n) is 14.4. The molecule has 11 heteroatoms. The molecule has 2 aromatic carbocycles. The Morgan fingerprint density at radius 2 is 1.61 bits per heavy atom. The molecule has 0 spiro atoms. The minimum Gasteiger partial charge on any atom is -0.376 e. The number of rotatable bonds is 7. The SMILES string of the molecule is CCN(C=O)/N=C(/c1ccc(Cl)cc1)c1ccc(OS(=O)(=O)C(F)(F)F)cc1. The predicted molar refractivity (Wildman–Crippen MR) is 97.6 cm³/mol. The molecule has 2 aromatic rings. The van der Waals surface area contributed by atoms with E-state index < -0.39 is 21.4 Å². The van der Waals surface area contributed by atoms with Crippen molar-refractivity contribution in [3.05, 3.63) is 64.7 Å². The van der Waals surface area contributed by atoms with Crippen LogP contribution in [0.15, 0.2) is 53.6 Å². The second kappa shape index (κ2) is 8.61. The van der Waals surface area contributed by atoms with Crippen LogP contribution in [0.4, 0.5) is 13.2 Å². The molecule has 0 heterocycles. The third-order valence-electron chi connectivity index (χ3n) is 3.41. The van der Waals surface area contributed by atoms with Crippen LogP contribution in [0.25, 0.3) is 0 Å². The van der Waals surface area contributed by atoms with E-state index in [9.17, 15) is 26.4 Å². The molecular formula is C17H14ClF3N2O4S. The van der Waals surface area contributed by atoms with Crippen LogP contribution in [-0.4, -0.2) is 37.6 Å². The van der Waals surface area contributed by atoms with Gasteiger partial charge in [-0.25, -0.2) is 5.01 Å². The Kier molecular flexibility index (Phi) is 6.68. The number of carbonyl (C=O) groups excluding carboxylic acids is 1. The second-order valence-corrected chi connectivity index (χ2v) is 7.30. The molecule has 0 aliphatic carbocycles. The van der Waals surface area contributed by atoms with Gasteiger partial charge in [0.05, 0.1) is 5.71 Å². The van der Waals surface area contributed by atoms with Crippen molar-refractivity contribution in [3.63, 3.8) is 0 Å². The number of hydrogen-bond acceptors (Lipinski definition) is 5. The number of alkyl halides is 3. The molecule has 0 unspecified atom stereocenters. The minimum atomic E-state index is -5.77. The Hall–Kier alpha value is -2.59. The molecule has 0 saturated heterocycles. The third kappa shape index (κ3) is 5.23. The molecule has 0 fully saturated rings. The fourth-order valence-corrected chi connectivity index (χ4v) is 2.61. The molecule has 1 amide bonds. The van der Waals surface area contributed by atoms with Crippen LogP contribution in [-0.2, 0) is 14.9 Å². The Bertz CT molecular complexity index is 959. The van der Waals surface area contributed by atoms with Gasteiger partial charge in [-0.2, -0.15) is 26.7 Å². The number of benzene rings is 2. The molecule has 6 nitrogen and oxygen atoms in total. The third-order valence-corrected chi connectivity index (χ3v) is 4.64.